The highest BCUT2D eigenvalue weighted by Gasteiger charge is 2.34. The van der Waals surface area contributed by atoms with E-state index in [2.05, 4.69) is 4.90 Å². The molecule has 0 unspecified atom stereocenters. The highest BCUT2D eigenvalue weighted by atomic mass is 16.6. The van der Waals surface area contributed by atoms with Gasteiger partial charge in [-0.05, 0) is 50.2 Å². The Hall–Kier alpha value is -2.61. The molecule has 1 amide bonds. The van der Waals surface area contributed by atoms with Crippen LogP contribution in [0.25, 0.3) is 0 Å². The number of likely N-dealkylation sites (tertiary alicyclic amines) is 1. The van der Waals surface area contributed by atoms with Gasteiger partial charge in [0.05, 0.1) is 12.5 Å². The molecule has 4 N–H and O–H groups in total. The van der Waals surface area contributed by atoms with E-state index in [-0.39, 0.29) is 24.0 Å². The first kappa shape index (κ1) is 17.2. The third-order valence-electron chi connectivity index (χ3n) is 4.76. The van der Waals surface area contributed by atoms with Crippen molar-refractivity contribution in [3.8, 4) is 0 Å². The van der Waals surface area contributed by atoms with Gasteiger partial charge in [-0.2, -0.15) is 0 Å². The second-order valence-electron chi connectivity index (χ2n) is 6.49. The minimum atomic E-state index is -0.730. The smallest absolute Gasteiger partial charge is 0.414 e. The minimum absolute atomic E-state index is 0.0156. The Morgan fingerprint density at radius 3 is 2.48 bits per heavy atom. The van der Waals surface area contributed by atoms with Gasteiger partial charge in [0.25, 0.3) is 0 Å². The van der Waals surface area contributed by atoms with Gasteiger partial charge in [0.1, 0.15) is 11.9 Å². The molecule has 2 aliphatic rings. The molecule has 3 rings (SSSR count). The SMILES string of the molecule is N=C(N)c1ccc(N2C[C@H](CN3CCC(C(=O)O)CC3)OC2=O)cc1. The largest absolute Gasteiger partial charge is 0.481 e. The fraction of sp³-hybridized carbons (Fsp3) is 0.471. The molecule has 0 radical (unpaired) electrons. The molecule has 2 heterocycles. The number of piperidine rings is 1. The van der Waals surface area contributed by atoms with Gasteiger partial charge in [0.15, 0.2) is 0 Å². The Bertz CT molecular complexity index is 668. The van der Waals surface area contributed by atoms with Crippen molar-refractivity contribution < 1.29 is 19.4 Å². The number of hydrogen-bond acceptors (Lipinski definition) is 5. The summed E-state index contributed by atoms with van der Waals surface area (Å²) in [6, 6.07) is 6.90. The number of amidine groups is 1. The number of carboxylic acid groups (broad SMARTS) is 1. The number of nitrogens with zero attached hydrogens (tertiary/aromatic N) is 2. The van der Waals surface area contributed by atoms with Crippen molar-refractivity contribution in [1.82, 2.24) is 4.90 Å². The molecule has 0 saturated carbocycles. The number of nitrogens with one attached hydrogen (secondary N) is 1. The van der Waals surface area contributed by atoms with Crippen molar-refractivity contribution in [2.45, 2.75) is 18.9 Å². The minimum Gasteiger partial charge on any atom is -0.481 e. The van der Waals surface area contributed by atoms with Crippen molar-refractivity contribution in [2.75, 3.05) is 31.1 Å². The number of rotatable bonds is 5. The number of carbonyl (C=O) groups is 2. The Morgan fingerprint density at radius 1 is 1.28 bits per heavy atom. The Labute approximate surface area is 145 Å². The summed E-state index contributed by atoms with van der Waals surface area (Å²) in [4.78, 5) is 26.8. The molecule has 25 heavy (non-hydrogen) atoms. The second-order valence-corrected chi connectivity index (χ2v) is 6.49. The molecule has 0 aliphatic carbocycles. The highest BCUT2D eigenvalue weighted by Crippen LogP contribution is 2.24. The van der Waals surface area contributed by atoms with E-state index in [1.54, 1.807) is 29.2 Å². The van der Waals surface area contributed by atoms with E-state index < -0.39 is 5.97 Å². The fourth-order valence-corrected chi connectivity index (χ4v) is 3.30. The molecule has 134 valence electrons. The number of cyclic esters (lactones) is 1. The summed E-state index contributed by atoms with van der Waals surface area (Å²) in [5.74, 6) is -1.01. The lowest BCUT2D eigenvalue weighted by molar-refractivity contribution is -0.143. The van der Waals surface area contributed by atoms with E-state index in [9.17, 15) is 9.59 Å². The lowest BCUT2D eigenvalue weighted by atomic mass is 9.97. The first-order valence-electron chi connectivity index (χ1n) is 8.32. The maximum Gasteiger partial charge on any atom is 0.414 e. The standard InChI is InChI=1S/C17H22N4O4/c18-15(19)11-1-3-13(4-2-11)21-10-14(25-17(21)24)9-20-7-5-12(6-8-20)16(22)23/h1-4,12,14H,5-10H2,(H3,18,19)(H,22,23)/t14-/m0/s1. The molecule has 2 fully saturated rings. The van der Waals surface area contributed by atoms with Gasteiger partial charge < -0.3 is 15.6 Å². The topological polar surface area (TPSA) is 120 Å². The summed E-state index contributed by atoms with van der Waals surface area (Å²) in [6.45, 7) is 2.48. The van der Waals surface area contributed by atoms with Crippen molar-refractivity contribution in [1.29, 1.82) is 5.41 Å². The quantitative estimate of drug-likeness (QED) is 0.542. The monoisotopic (exact) mass is 346 g/mol. The predicted octanol–water partition coefficient (Wildman–Crippen LogP) is 1.09. The van der Waals surface area contributed by atoms with Crippen LogP contribution in [0.2, 0.25) is 0 Å². The number of nitrogens with two attached hydrogens (primary N) is 1. The molecule has 0 bridgehead atoms. The number of carboxylic acids is 1. The first-order valence-corrected chi connectivity index (χ1v) is 8.32. The van der Waals surface area contributed by atoms with E-state index in [4.69, 9.17) is 21.0 Å². The molecule has 1 atom stereocenters. The summed E-state index contributed by atoms with van der Waals surface area (Å²) in [5, 5.41) is 16.4. The molecule has 1 aromatic carbocycles. The number of hydrogen-bond donors (Lipinski definition) is 3. The van der Waals surface area contributed by atoms with Crippen molar-refractivity contribution in [3.05, 3.63) is 29.8 Å². The Kier molecular flexibility index (Phi) is 4.89. The van der Waals surface area contributed by atoms with Crippen LogP contribution in [-0.2, 0) is 9.53 Å². The summed E-state index contributed by atoms with van der Waals surface area (Å²) >= 11 is 0. The highest BCUT2D eigenvalue weighted by molar-refractivity contribution is 5.96. The molecule has 1 aromatic rings. The van der Waals surface area contributed by atoms with Crippen LogP contribution in [0.15, 0.2) is 24.3 Å². The molecule has 2 aliphatic heterocycles. The first-order chi connectivity index (χ1) is 11.9. The van der Waals surface area contributed by atoms with E-state index >= 15 is 0 Å². The average Bonchev–Trinajstić information content (AvgIpc) is 2.95. The number of ether oxygens (including phenoxy) is 1. The van der Waals surface area contributed by atoms with Crippen molar-refractivity contribution >= 4 is 23.6 Å². The molecule has 8 nitrogen and oxygen atoms in total. The molecular weight excluding hydrogens is 324 g/mol. The van der Waals surface area contributed by atoms with E-state index in [1.165, 1.54) is 0 Å². The van der Waals surface area contributed by atoms with Gasteiger partial charge in [0, 0.05) is 17.8 Å². The van der Waals surface area contributed by atoms with Crippen LogP contribution in [0.4, 0.5) is 10.5 Å². The van der Waals surface area contributed by atoms with Crippen LogP contribution >= 0.6 is 0 Å². The summed E-state index contributed by atoms with van der Waals surface area (Å²) < 4.78 is 5.45. The maximum absolute atomic E-state index is 12.1. The molecule has 0 aromatic heterocycles. The van der Waals surface area contributed by atoms with Gasteiger partial charge in [-0.3, -0.25) is 20.0 Å². The fourth-order valence-electron chi connectivity index (χ4n) is 3.30. The van der Waals surface area contributed by atoms with Crippen LogP contribution in [0.5, 0.6) is 0 Å². The zero-order valence-electron chi connectivity index (χ0n) is 13.9. The number of benzene rings is 1. The van der Waals surface area contributed by atoms with Gasteiger partial charge in [-0.1, -0.05) is 0 Å². The third kappa shape index (κ3) is 3.90. The van der Waals surface area contributed by atoms with Gasteiger partial charge in [-0.15, -0.1) is 0 Å². The summed E-state index contributed by atoms with van der Waals surface area (Å²) in [5.41, 5.74) is 6.75. The van der Waals surface area contributed by atoms with Gasteiger partial charge >= 0.3 is 12.1 Å². The van der Waals surface area contributed by atoms with Gasteiger partial charge in [0.2, 0.25) is 0 Å². The molecule has 2 saturated heterocycles. The molecule has 8 heteroatoms. The molecule has 0 spiro atoms. The molecular formula is C17H22N4O4. The average molecular weight is 346 g/mol. The van der Waals surface area contributed by atoms with Crippen LogP contribution in [0.1, 0.15) is 18.4 Å². The Morgan fingerprint density at radius 2 is 1.92 bits per heavy atom. The number of carbonyl (C=O) groups excluding carboxylic acids is 1. The zero-order chi connectivity index (χ0) is 18.0. The lowest BCUT2D eigenvalue weighted by Gasteiger charge is -2.31. The van der Waals surface area contributed by atoms with E-state index in [0.717, 1.165) is 0 Å². The van der Waals surface area contributed by atoms with Crippen LogP contribution in [-0.4, -0.2) is 60.2 Å². The Balaban J connectivity index is 1.56. The van der Waals surface area contributed by atoms with Gasteiger partial charge in [-0.25, -0.2) is 4.79 Å². The van der Waals surface area contributed by atoms with Crippen LogP contribution < -0.4 is 10.6 Å². The van der Waals surface area contributed by atoms with Crippen LogP contribution in [0, 0.1) is 11.3 Å². The van der Waals surface area contributed by atoms with E-state index in [1.807, 2.05) is 0 Å². The third-order valence-corrected chi connectivity index (χ3v) is 4.76. The number of anilines is 1. The summed E-state index contributed by atoms with van der Waals surface area (Å²) in [7, 11) is 0. The van der Waals surface area contributed by atoms with E-state index in [0.29, 0.717) is 50.3 Å². The predicted molar refractivity (Wildman–Crippen MR) is 91.9 cm³/mol. The second kappa shape index (κ2) is 7.10. The number of nitrogen functional groups attached to an aromatic ring is 1. The maximum atomic E-state index is 12.1. The van der Waals surface area contributed by atoms with Crippen molar-refractivity contribution in [3.63, 3.8) is 0 Å². The number of amides is 1. The number of aliphatic carboxylic acids is 1. The summed E-state index contributed by atoms with van der Waals surface area (Å²) in [6.07, 6.45) is 0.640. The zero-order valence-corrected chi connectivity index (χ0v) is 13.9. The van der Waals surface area contributed by atoms with Crippen LogP contribution in [0.3, 0.4) is 0 Å². The van der Waals surface area contributed by atoms with Crippen molar-refractivity contribution in [2.24, 2.45) is 11.7 Å². The normalized spacial score (nSPS) is 22.0. The lowest BCUT2D eigenvalue weighted by Crippen LogP contribution is -2.41.